The molecule has 134 valence electrons. The maximum atomic E-state index is 12.4. The van der Waals surface area contributed by atoms with Gasteiger partial charge in [-0.1, -0.05) is 45.4 Å². The summed E-state index contributed by atoms with van der Waals surface area (Å²) in [5.74, 6) is -0.558. The van der Waals surface area contributed by atoms with Crippen LogP contribution in [-0.2, 0) is 11.2 Å². The number of rotatable bonds is 8. The summed E-state index contributed by atoms with van der Waals surface area (Å²) in [5, 5.41) is 14.7. The molecule has 0 aromatic heterocycles. The van der Waals surface area contributed by atoms with Crippen LogP contribution in [0.3, 0.4) is 0 Å². The number of nitrogens with one attached hydrogen (secondary N) is 2. The van der Waals surface area contributed by atoms with Gasteiger partial charge in [0.15, 0.2) is 0 Å². The van der Waals surface area contributed by atoms with Crippen molar-refractivity contribution in [1.82, 2.24) is 5.32 Å². The number of carbonyl (C=O) groups is 2. The van der Waals surface area contributed by atoms with Gasteiger partial charge in [0, 0.05) is 17.6 Å². The Morgan fingerprint density at radius 3 is 2.46 bits per heavy atom. The predicted molar refractivity (Wildman–Crippen MR) is 97.6 cm³/mol. The highest BCUT2D eigenvalue weighted by atomic mass is 16.4. The van der Waals surface area contributed by atoms with Crippen LogP contribution >= 0.6 is 0 Å². The SMILES string of the molecule is CCCc1cccc(C(C)C)c1NC(=O)NC(C)(C)CCC(=O)O. The zero-order valence-corrected chi connectivity index (χ0v) is 15.4. The van der Waals surface area contributed by atoms with Crippen molar-refractivity contribution in [3.05, 3.63) is 29.3 Å². The van der Waals surface area contributed by atoms with Gasteiger partial charge in [0.1, 0.15) is 0 Å². The van der Waals surface area contributed by atoms with E-state index < -0.39 is 11.5 Å². The largest absolute Gasteiger partial charge is 0.481 e. The van der Waals surface area contributed by atoms with E-state index in [0.717, 1.165) is 29.7 Å². The van der Waals surface area contributed by atoms with Crippen LogP contribution in [0.2, 0.25) is 0 Å². The van der Waals surface area contributed by atoms with E-state index in [2.05, 4.69) is 31.4 Å². The summed E-state index contributed by atoms with van der Waals surface area (Å²) < 4.78 is 0. The van der Waals surface area contributed by atoms with Gasteiger partial charge >= 0.3 is 12.0 Å². The number of para-hydroxylation sites is 1. The first kappa shape index (κ1) is 20.0. The summed E-state index contributed by atoms with van der Waals surface area (Å²) in [5.41, 5.74) is 2.53. The van der Waals surface area contributed by atoms with Crippen LogP contribution in [0, 0.1) is 0 Å². The van der Waals surface area contributed by atoms with Crippen LogP contribution in [0.4, 0.5) is 10.5 Å². The number of carboxylic acid groups (broad SMARTS) is 1. The third-order valence-electron chi connectivity index (χ3n) is 3.98. The Kier molecular flexibility index (Phi) is 7.26. The first-order chi connectivity index (χ1) is 11.2. The van der Waals surface area contributed by atoms with Crippen molar-refractivity contribution in [2.45, 2.75) is 71.8 Å². The molecule has 0 fully saturated rings. The van der Waals surface area contributed by atoms with Gasteiger partial charge in [-0.25, -0.2) is 4.79 Å². The number of anilines is 1. The zero-order chi connectivity index (χ0) is 18.3. The van der Waals surface area contributed by atoms with Gasteiger partial charge in [-0.15, -0.1) is 0 Å². The number of aryl methyl sites for hydroxylation is 1. The summed E-state index contributed by atoms with van der Waals surface area (Å²) in [6.07, 6.45) is 2.31. The molecule has 1 rings (SSSR count). The maximum absolute atomic E-state index is 12.4. The van der Waals surface area contributed by atoms with Crippen molar-refractivity contribution >= 4 is 17.7 Å². The lowest BCUT2D eigenvalue weighted by Crippen LogP contribution is -2.46. The van der Waals surface area contributed by atoms with E-state index in [4.69, 9.17) is 5.11 Å². The molecule has 0 saturated heterocycles. The number of carboxylic acids is 1. The molecule has 0 spiro atoms. The number of benzene rings is 1. The van der Waals surface area contributed by atoms with Crippen molar-refractivity contribution in [1.29, 1.82) is 0 Å². The summed E-state index contributed by atoms with van der Waals surface area (Å²) in [7, 11) is 0. The molecule has 24 heavy (non-hydrogen) atoms. The molecule has 5 nitrogen and oxygen atoms in total. The van der Waals surface area contributed by atoms with Crippen LogP contribution in [0.25, 0.3) is 0 Å². The number of urea groups is 1. The van der Waals surface area contributed by atoms with Gasteiger partial charge in [0.25, 0.3) is 0 Å². The fraction of sp³-hybridized carbons (Fsp3) is 0.579. The maximum Gasteiger partial charge on any atom is 0.319 e. The second-order valence-corrected chi connectivity index (χ2v) is 7.14. The topological polar surface area (TPSA) is 78.4 Å². The van der Waals surface area contributed by atoms with Crippen molar-refractivity contribution in [2.75, 3.05) is 5.32 Å². The van der Waals surface area contributed by atoms with Crippen molar-refractivity contribution in [3.63, 3.8) is 0 Å². The lowest BCUT2D eigenvalue weighted by molar-refractivity contribution is -0.137. The van der Waals surface area contributed by atoms with Crippen molar-refractivity contribution in [2.24, 2.45) is 0 Å². The number of aliphatic carboxylic acids is 1. The second kappa shape index (κ2) is 8.71. The average molecular weight is 334 g/mol. The van der Waals surface area contributed by atoms with E-state index in [9.17, 15) is 9.59 Å². The molecule has 0 saturated carbocycles. The van der Waals surface area contributed by atoms with Crippen LogP contribution in [-0.4, -0.2) is 22.6 Å². The Hall–Kier alpha value is -2.04. The Balaban J connectivity index is 2.91. The molecular formula is C19H30N2O3. The van der Waals surface area contributed by atoms with Crippen LogP contribution < -0.4 is 10.6 Å². The third kappa shape index (κ3) is 6.22. The summed E-state index contributed by atoms with van der Waals surface area (Å²) in [4.78, 5) is 23.2. The highest BCUT2D eigenvalue weighted by molar-refractivity contribution is 5.91. The van der Waals surface area contributed by atoms with Crippen molar-refractivity contribution < 1.29 is 14.7 Å². The molecule has 2 amide bonds. The third-order valence-corrected chi connectivity index (χ3v) is 3.98. The van der Waals surface area contributed by atoms with Gasteiger partial charge < -0.3 is 15.7 Å². The number of amides is 2. The Morgan fingerprint density at radius 1 is 1.25 bits per heavy atom. The van der Waals surface area contributed by atoms with Crippen molar-refractivity contribution in [3.8, 4) is 0 Å². The summed E-state index contributed by atoms with van der Waals surface area (Å²) in [6, 6.07) is 5.81. The molecule has 1 aromatic carbocycles. The van der Waals surface area contributed by atoms with E-state index >= 15 is 0 Å². The number of hydrogen-bond donors (Lipinski definition) is 3. The van der Waals surface area contributed by atoms with Gasteiger partial charge in [0.2, 0.25) is 0 Å². The van der Waals surface area contributed by atoms with Gasteiger partial charge in [-0.05, 0) is 43.7 Å². The van der Waals surface area contributed by atoms with E-state index in [1.165, 1.54) is 0 Å². The number of carbonyl (C=O) groups excluding carboxylic acids is 1. The average Bonchev–Trinajstić information content (AvgIpc) is 2.46. The standard InChI is InChI=1S/C19H30N2O3/c1-6-8-14-9-7-10-15(13(2)3)17(14)20-18(24)21-19(4,5)12-11-16(22)23/h7,9-10,13H,6,8,11-12H2,1-5H3,(H,22,23)(H2,20,21,24). The Morgan fingerprint density at radius 2 is 1.92 bits per heavy atom. The molecule has 5 heteroatoms. The van der Waals surface area contributed by atoms with E-state index in [1.54, 1.807) is 0 Å². The molecule has 0 bridgehead atoms. The van der Waals surface area contributed by atoms with E-state index in [0.29, 0.717) is 12.3 Å². The molecule has 0 heterocycles. The monoisotopic (exact) mass is 334 g/mol. The lowest BCUT2D eigenvalue weighted by Gasteiger charge is -2.27. The number of hydrogen-bond acceptors (Lipinski definition) is 2. The fourth-order valence-electron chi connectivity index (χ4n) is 2.67. The van der Waals surface area contributed by atoms with Gasteiger partial charge in [-0.2, -0.15) is 0 Å². The van der Waals surface area contributed by atoms with Crippen LogP contribution in [0.15, 0.2) is 18.2 Å². The highest BCUT2D eigenvalue weighted by Gasteiger charge is 2.22. The molecule has 0 aliphatic rings. The minimum atomic E-state index is -0.860. The van der Waals surface area contributed by atoms with E-state index in [-0.39, 0.29) is 12.5 Å². The molecule has 1 aromatic rings. The highest BCUT2D eigenvalue weighted by Crippen LogP contribution is 2.29. The quantitative estimate of drug-likeness (QED) is 0.653. The van der Waals surface area contributed by atoms with Gasteiger partial charge in [0.05, 0.1) is 0 Å². The van der Waals surface area contributed by atoms with Crippen LogP contribution in [0.5, 0.6) is 0 Å². The summed E-state index contributed by atoms with van der Waals surface area (Å²) >= 11 is 0. The normalized spacial score (nSPS) is 11.4. The Labute approximate surface area is 144 Å². The molecule has 3 N–H and O–H groups in total. The molecule has 0 unspecified atom stereocenters. The smallest absolute Gasteiger partial charge is 0.319 e. The first-order valence-corrected chi connectivity index (χ1v) is 8.59. The Bertz CT molecular complexity index is 580. The zero-order valence-electron chi connectivity index (χ0n) is 15.4. The molecule has 0 atom stereocenters. The van der Waals surface area contributed by atoms with E-state index in [1.807, 2.05) is 32.0 Å². The minimum Gasteiger partial charge on any atom is -0.481 e. The predicted octanol–water partition coefficient (Wildman–Crippen LogP) is 4.53. The lowest BCUT2D eigenvalue weighted by atomic mass is 9.95. The first-order valence-electron chi connectivity index (χ1n) is 8.59. The summed E-state index contributed by atoms with van der Waals surface area (Å²) in [6.45, 7) is 9.98. The second-order valence-electron chi connectivity index (χ2n) is 7.14. The molecular weight excluding hydrogens is 304 g/mol. The molecule has 0 aliphatic heterocycles. The van der Waals surface area contributed by atoms with Crippen LogP contribution in [0.1, 0.15) is 70.9 Å². The molecule has 0 radical (unpaired) electrons. The molecule has 0 aliphatic carbocycles. The van der Waals surface area contributed by atoms with Gasteiger partial charge in [-0.3, -0.25) is 4.79 Å². The minimum absolute atomic E-state index is 0.0247. The fourth-order valence-corrected chi connectivity index (χ4v) is 2.67.